The van der Waals surface area contributed by atoms with Gasteiger partial charge in [-0.1, -0.05) is 31.4 Å². The van der Waals surface area contributed by atoms with E-state index in [-0.39, 0.29) is 16.9 Å². The average Bonchev–Trinajstić information content (AvgIpc) is 2.72. The summed E-state index contributed by atoms with van der Waals surface area (Å²) >= 11 is 0. The Hall–Kier alpha value is -2.71. The van der Waals surface area contributed by atoms with Crippen LogP contribution in [0.4, 0.5) is 26.3 Å². The van der Waals surface area contributed by atoms with Crippen LogP contribution >= 0.6 is 0 Å². The van der Waals surface area contributed by atoms with Crippen LogP contribution in [0.25, 0.3) is 0 Å². The van der Waals surface area contributed by atoms with Crippen LogP contribution in [0, 0.1) is 0 Å². The Morgan fingerprint density at radius 3 is 1.72 bits per heavy atom. The summed E-state index contributed by atoms with van der Waals surface area (Å²) in [6.45, 7) is 0.993. The number of ether oxygens (including phenoxy) is 2. The predicted octanol–water partition coefficient (Wildman–Crippen LogP) is 6.91. The second-order valence-corrected chi connectivity index (χ2v) is 7.86. The van der Waals surface area contributed by atoms with Gasteiger partial charge in [-0.05, 0) is 48.2 Å². The first-order chi connectivity index (χ1) is 14.9. The molecule has 0 atom stereocenters. The molecule has 9 heteroatoms. The van der Waals surface area contributed by atoms with Crippen molar-refractivity contribution in [3.63, 3.8) is 0 Å². The molecule has 0 aliphatic heterocycles. The molecule has 1 aliphatic carbocycles. The van der Waals surface area contributed by atoms with Gasteiger partial charge in [0.1, 0.15) is 11.5 Å². The molecule has 0 bridgehead atoms. The lowest BCUT2D eigenvalue weighted by atomic mass is 9.65. The van der Waals surface area contributed by atoms with Gasteiger partial charge in [-0.15, -0.1) is 0 Å². The van der Waals surface area contributed by atoms with Gasteiger partial charge in [0.25, 0.3) is 0 Å². The zero-order valence-corrected chi connectivity index (χ0v) is 17.5. The molecule has 0 amide bonds. The first-order valence-corrected chi connectivity index (χ1v) is 10.0. The Morgan fingerprint density at radius 2 is 1.28 bits per heavy atom. The standard InChI is InChI=1S/C23H22F6O3/c1-14(30)32-20-9-7-16(13-18(20)23(27,28)29)21(10-4-3-5-11-21)15-6-8-19(31-2)17(12-15)22(24,25)26/h6-9,12-13H,3-5,10-11H2,1-2H3. The molecule has 2 aromatic rings. The zero-order chi connectivity index (χ0) is 23.7. The molecule has 0 saturated heterocycles. The first-order valence-electron chi connectivity index (χ1n) is 10.0. The van der Waals surface area contributed by atoms with E-state index in [1.54, 1.807) is 0 Å². The zero-order valence-electron chi connectivity index (χ0n) is 17.5. The van der Waals surface area contributed by atoms with Gasteiger partial charge in [-0.3, -0.25) is 4.79 Å². The number of halogens is 6. The Balaban J connectivity index is 2.22. The van der Waals surface area contributed by atoms with Gasteiger partial charge in [0.2, 0.25) is 0 Å². The lowest BCUT2D eigenvalue weighted by molar-refractivity contribution is -0.142. The minimum Gasteiger partial charge on any atom is -0.496 e. The quantitative estimate of drug-likeness (QED) is 0.283. The van der Waals surface area contributed by atoms with Crippen LogP contribution in [0.3, 0.4) is 0 Å². The summed E-state index contributed by atoms with van der Waals surface area (Å²) in [5.74, 6) is -1.89. The largest absolute Gasteiger partial charge is 0.496 e. The average molecular weight is 460 g/mol. The van der Waals surface area contributed by atoms with Crippen molar-refractivity contribution in [1.82, 2.24) is 0 Å². The van der Waals surface area contributed by atoms with E-state index in [0.717, 1.165) is 38.7 Å². The fourth-order valence-corrected chi connectivity index (χ4v) is 4.42. The molecule has 0 heterocycles. The minimum atomic E-state index is -4.81. The summed E-state index contributed by atoms with van der Waals surface area (Å²) < 4.78 is 91.7. The van der Waals surface area contributed by atoms with Crippen LogP contribution in [0.2, 0.25) is 0 Å². The molecule has 3 rings (SSSR count). The SMILES string of the molecule is COc1ccc(C2(c3ccc(OC(C)=O)c(C(F)(F)F)c3)CCCCC2)cc1C(F)(F)F. The number of hydrogen-bond donors (Lipinski definition) is 0. The third-order valence-corrected chi connectivity index (χ3v) is 5.86. The summed E-state index contributed by atoms with van der Waals surface area (Å²) in [6.07, 6.45) is -6.58. The number of methoxy groups -OCH3 is 1. The maximum absolute atomic E-state index is 13.7. The van der Waals surface area contributed by atoms with Gasteiger partial charge in [0.15, 0.2) is 0 Å². The Bertz CT molecular complexity index is 988. The maximum Gasteiger partial charge on any atom is 0.419 e. The van der Waals surface area contributed by atoms with Crippen LogP contribution < -0.4 is 9.47 Å². The van der Waals surface area contributed by atoms with Gasteiger partial charge < -0.3 is 9.47 Å². The number of esters is 1. The van der Waals surface area contributed by atoms with Crippen molar-refractivity contribution in [2.45, 2.75) is 56.8 Å². The first kappa shape index (κ1) is 23.9. The molecule has 0 radical (unpaired) electrons. The van der Waals surface area contributed by atoms with Crippen molar-refractivity contribution in [1.29, 1.82) is 0 Å². The monoisotopic (exact) mass is 460 g/mol. The van der Waals surface area contributed by atoms with Crippen LogP contribution in [0.15, 0.2) is 36.4 Å². The van der Waals surface area contributed by atoms with Gasteiger partial charge in [-0.2, -0.15) is 26.3 Å². The van der Waals surface area contributed by atoms with Crippen molar-refractivity contribution < 1.29 is 40.6 Å². The molecule has 2 aromatic carbocycles. The van der Waals surface area contributed by atoms with Crippen molar-refractivity contribution in [2.75, 3.05) is 7.11 Å². The third kappa shape index (κ3) is 4.71. The molecular formula is C23H22F6O3. The molecule has 32 heavy (non-hydrogen) atoms. The van der Waals surface area contributed by atoms with E-state index < -0.39 is 40.6 Å². The predicted molar refractivity (Wildman–Crippen MR) is 105 cm³/mol. The number of carbonyl (C=O) groups excluding carboxylic acids is 1. The highest BCUT2D eigenvalue weighted by Crippen LogP contribution is 2.49. The molecule has 1 aliphatic rings. The van der Waals surface area contributed by atoms with E-state index in [1.807, 2.05) is 0 Å². The summed E-state index contributed by atoms with van der Waals surface area (Å²) in [6, 6.07) is 7.00. The molecule has 1 fully saturated rings. The highest BCUT2D eigenvalue weighted by molar-refractivity contribution is 5.70. The second kappa shape index (κ2) is 8.67. The highest BCUT2D eigenvalue weighted by atomic mass is 19.4. The van der Waals surface area contributed by atoms with E-state index in [1.165, 1.54) is 18.2 Å². The maximum atomic E-state index is 13.7. The van der Waals surface area contributed by atoms with Crippen molar-refractivity contribution in [3.05, 3.63) is 58.7 Å². The summed E-state index contributed by atoms with van der Waals surface area (Å²) in [5.41, 5.74) is -2.65. The normalized spacial score (nSPS) is 16.5. The van der Waals surface area contributed by atoms with Crippen LogP contribution in [0.1, 0.15) is 61.3 Å². The van der Waals surface area contributed by atoms with Crippen LogP contribution in [-0.2, 0) is 22.6 Å². The van der Waals surface area contributed by atoms with Gasteiger partial charge in [0, 0.05) is 12.3 Å². The lowest BCUT2D eigenvalue weighted by Gasteiger charge is -2.39. The summed E-state index contributed by atoms with van der Waals surface area (Å²) in [7, 11) is 1.13. The molecule has 174 valence electrons. The van der Waals surface area contributed by atoms with Gasteiger partial charge in [0.05, 0.1) is 18.2 Å². The smallest absolute Gasteiger partial charge is 0.419 e. The van der Waals surface area contributed by atoms with E-state index >= 15 is 0 Å². The fourth-order valence-electron chi connectivity index (χ4n) is 4.42. The Kier molecular flexibility index (Phi) is 6.49. The minimum absolute atomic E-state index is 0.235. The van der Waals surface area contributed by atoms with E-state index in [4.69, 9.17) is 9.47 Å². The molecule has 0 spiro atoms. The molecular weight excluding hydrogens is 438 g/mol. The van der Waals surface area contributed by atoms with E-state index in [9.17, 15) is 31.1 Å². The van der Waals surface area contributed by atoms with Gasteiger partial charge in [-0.25, -0.2) is 0 Å². The van der Waals surface area contributed by atoms with Crippen molar-refractivity contribution >= 4 is 5.97 Å². The van der Waals surface area contributed by atoms with Gasteiger partial charge >= 0.3 is 18.3 Å². The Morgan fingerprint density at radius 1 is 0.812 bits per heavy atom. The molecule has 0 N–H and O–H groups in total. The van der Waals surface area contributed by atoms with E-state index in [2.05, 4.69) is 0 Å². The van der Waals surface area contributed by atoms with E-state index in [0.29, 0.717) is 25.7 Å². The second-order valence-electron chi connectivity index (χ2n) is 7.86. The Labute approximate surface area is 181 Å². The molecule has 0 aromatic heterocycles. The number of alkyl halides is 6. The summed E-state index contributed by atoms with van der Waals surface area (Å²) in [4.78, 5) is 11.2. The molecule has 3 nitrogen and oxygen atoms in total. The number of hydrogen-bond acceptors (Lipinski definition) is 3. The number of benzene rings is 2. The summed E-state index contributed by atoms with van der Waals surface area (Å²) in [5, 5.41) is 0. The topological polar surface area (TPSA) is 35.5 Å². The van der Waals surface area contributed by atoms with Crippen molar-refractivity contribution in [2.24, 2.45) is 0 Å². The van der Waals surface area contributed by atoms with Crippen LogP contribution in [-0.4, -0.2) is 13.1 Å². The third-order valence-electron chi connectivity index (χ3n) is 5.86. The fraction of sp³-hybridized carbons (Fsp3) is 0.435. The van der Waals surface area contributed by atoms with Crippen molar-refractivity contribution in [3.8, 4) is 11.5 Å². The molecule has 0 unspecified atom stereocenters. The number of rotatable bonds is 4. The molecule has 1 saturated carbocycles. The number of carbonyl (C=O) groups is 1. The lowest BCUT2D eigenvalue weighted by Crippen LogP contribution is -2.31. The van der Waals surface area contributed by atoms with Crippen LogP contribution in [0.5, 0.6) is 11.5 Å². The highest BCUT2D eigenvalue weighted by Gasteiger charge is 2.42.